The van der Waals surface area contributed by atoms with Gasteiger partial charge in [-0.3, -0.25) is 9.69 Å². The highest BCUT2D eigenvalue weighted by atomic mass is 32.2. The topological polar surface area (TPSA) is 109 Å². The minimum atomic E-state index is -3.20. The molecular formula is C9H17NO6S2. The predicted molar refractivity (Wildman–Crippen MR) is 66.0 cm³/mol. The molecule has 0 amide bonds. The summed E-state index contributed by atoms with van der Waals surface area (Å²) in [5.74, 6) is -1.32. The van der Waals surface area contributed by atoms with Crippen molar-refractivity contribution < 1.29 is 26.7 Å². The molecule has 18 heavy (non-hydrogen) atoms. The number of carboxylic acids is 1. The molecule has 0 radical (unpaired) electrons. The van der Waals surface area contributed by atoms with Gasteiger partial charge in [0.2, 0.25) is 0 Å². The Balaban J connectivity index is 2.70. The number of sulfone groups is 2. The Kier molecular flexibility index (Phi) is 4.73. The second-order valence-electron chi connectivity index (χ2n) is 4.55. The van der Waals surface area contributed by atoms with Crippen LogP contribution in [0, 0.1) is 0 Å². The third-order valence-electron chi connectivity index (χ3n) is 2.81. The Morgan fingerprint density at radius 1 is 1.44 bits per heavy atom. The molecule has 0 saturated carbocycles. The van der Waals surface area contributed by atoms with Gasteiger partial charge in [-0.25, -0.2) is 16.8 Å². The van der Waals surface area contributed by atoms with Gasteiger partial charge in [-0.2, -0.15) is 0 Å². The number of nitrogens with zero attached hydrogens (tertiary/aromatic N) is 1. The first kappa shape index (κ1) is 15.4. The molecule has 0 spiro atoms. The molecule has 0 aromatic carbocycles. The summed E-state index contributed by atoms with van der Waals surface area (Å²) in [6, 6.07) is -0.396. The van der Waals surface area contributed by atoms with Crippen LogP contribution in [0.25, 0.3) is 0 Å². The normalized spacial score (nSPS) is 23.3. The monoisotopic (exact) mass is 299 g/mol. The van der Waals surface area contributed by atoms with E-state index in [4.69, 9.17) is 5.11 Å². The summed E-state index contributed by atoms with van der Waals surface area (Å²) in [4.78, 5) is 12.1. The van der Waals surface area contributed by atoms with Crippen molar-refractivity contribution in [1.29, 1.82) is 0 Å². The average Bonchev–Trinajstić information content (AvgIpc) is 2.51. The fourth-order valence-electron chi connectivity index (χ4n) is 1.91. The van der Waals surface area contributed by atoms with Gasteiger partial charge in [-0.05, 0) is 6.42 Å². The van der Waals surface area contributed by atoms with Gasteiger partial charge in [-0.15, -0.1) is 0 Å². The fourth-order valence-corrected chi connectivity index (χ4v) is 4.24. The van der Waals surface area contributed by atoms with E-state index in [1.54, 1.807) is 0 Å². The lowest BCUT2D eigenvalue weighted by atomic mass is 10.2. The molecule has 0 bridgehead atoms. The number of hydrogen-bond acceptors (Lipinski definition) is 6. The number of hydrogen-bond donors (Lipinski definition) is 1. The standard InChI is InChI=1S/C9H17NO6S2/c1-17(13,14)5-3-10(6-9(11)12)8-2-4-18(15,16)7-8/h8H,2-7H2,1H3,(H,11,12). The van der Waals surface area contributed by atoms with Gasteiger partial charge in [0, 0.05) is 18.8 Å². The van der Waals surface area contributed by atoms with Gasteiger partial charge < -0.3 is 5.11 Å². The molecule has 9 heteroatoms. The Hall–Kier alpha value is -0.670. The molecule has 0 aromatic heterocycles. The molecule has 1 aliphatic heterocycles. The summed E-state index contributed by atoms with van der Waals surface area (Å²) < 4.78 is 44.8. The second-order valence-corrected chi connectivity index (χ2v) is 9.04. The van der Waals surface area contributed by atoms with Crippen LogP contribution in [0.5, 0.6) is 0 Å². The largest absolute Gasteiger partial charge is 0.480 e. The maximum atomic E-state index is 11.3. The highest BCUT2D eigenvalue weighted by Crippen LogP contribution is 2.17. The predicted octanol–water partition coefficient (Wildman–Crippen LogP) is -1.40. The minimum Gasteiger partial charge on any atom is -0.480 e. The van der Waals surface area contributed by atoms with Gasteiger partial charge in [-0.1, -0.05) is 0 Å². The lowest BCUT2D eigenvalue weighted by molar-refractivity contribution is -0.138. The maximum Gasteiger partial charge on any atom is 0.317 e. The van der Waals surface area contributed by atoms with E-state index in [1.165, 1.54) is 4.90 Å². The van der Waals surface area contributed by atoms with Crippen LogP contribution in [0.1, 0.15) is 6.42 Å². The van der Waals surface area contributed by atoms with Crippen molar-refractivity contribution in [2.75, 3.05) is 36.6 Å². The SMILES string of the molecule is CS(=O)(=O)CCN(CC(=O)O)C1CCS(=O)(=O)C1. The fraction of sp³-hybridized carbons (Fsp3) is 0.889. The zero-order valence-electron chi connectivity index (χ0n) is 10.1. The van der Waals surface area contributed by atoms with Crippen LogP contribution in [-0.2, 0) is 24.5 Å². The molecule has 1 heterocycles. The third-order valence-corrected chi connectivity index (χ3v) is 5.49. The van der Waals surface area contributed by atoms with E-state index in [-0.39, 0.29) is 30.3 Å². The van der Waals surface area contributed by atoms with Crippen LogP contribution in [0.15, 0.2) is 0 Å². The Morgan fingerprint density at radius 3 is 2.44 bits per heavy atom. The van der Waals surface area contributed by atoms with Gasteiger partial charge in [0.05, 0.1) is 23.8 Å². The van der Waals surface area contributed by atoms with Crippen LogP contribution >= 0.6 is 0 Å². The van der Waals surface area contributed by atoms with E-state index in [1.807, 2.05) is 0 Å². The molecule has 0 aromatic rings. The maximum absolute atomic E-state index is 11.3. The molecule has 1 rings (SSSR count). The highest BCUT2D eigenvalue weighted by molar-refractivity contribution is 7.91. The number of carbonyl (C=O) groups is 1. The zero-order chi connectivity index (χ0) is 14.0. The van der Waals surface area contributed by atoms with Crippen LogP contribution in [0.4, 0.5) is 0 Å². The summed E-state index contributed by atoms with van der Waals surface area (Å²) in [6.07, 6.45) is 1.43. The summed E-state index contributed by atoms with van der Waals surface area (Å²) >= 11 is 0. The van der Waals surface area contributed by atoms with Crippen molar-refractivity contribution >= 4 is 25.6 Å². The van der Waals surface area contributed by atoms with Crippen LogP contribution in [-0.4, -0.2) is 75.5 Å². The minimum absolute atomic E-state index is 0.0344. The molecule has 1 saturated heterocycles. The van der Waals surface area contributed by atoms with Gasteiger partial charge in [0.15, 0.2) is 9.84 Å². The van der Waals surface area contributed by atoms with Gasteiger partial charge in [0.1, 0.15) is 9.84 Å². The molecule has 1 unspecified atom stereocenters. The molecule has 1 atom stereocenters. The molecule has 0 aliphatic carbocycles. The first-order chi connectivity index (χ1) is 8.09. The van der Waals surface area contributed by atoms with Crippen LogP contribution < -0.4 is 0 Å². The Morgan fingerprint density at radius 2 is 2.06 bits per heavy atom. The van der Waals surface area contributed by atoms with Crippen molar-refractivity contribution in [3.8, 4) is 0 Å². The van der Waals surface area contributed by atoms with Gasteiger partial charge in [0.25, 0.3) is 0 Å². The van der Waals surface area contributed by atoms with Crippen molar-refractivity contribution in [3.63, 3.8) is 0 Å². The highest BCUT2D eigenvalue weighted by Gasteiger charge is 2.33. The van der Waals surface area contributed by atoms with Crippen molar-refractivity contribution in [1.82, 2.24) is 4.90 Å². The van der Waals surface area contributed by atoms with E-state index in [2.05, 4.69) is 0 Å². The number of aliphatic carboxylic acids is 1. The van der Waals surface area contributed by atoms with Crippen LogP contribution in [0.2, 0.25) is 0 Å². The lowest BCUT2D eigenvalue weighted by Gasteiger charge is -2.25. The Bertz CT molecular complexity index is 509. The van der Waals surface area contributed by atoms with E-state index >= 15 is 0 Å². The first-order valence-corrected chi connectivity index (χ1v) is 9.31. The third kappa shape index (κ3) is 5.32. The van der Waals surface area contributed by atoms with Gasteiger partial charge >= 0.3 is 5.97 Å². The van der Waals surface area contributed by atoms with E-state index in [9.17, 15) is 21.6 Å². The first-order valence-electron chi connectivity index (χ1n) is 5.43. The molecule has 1 aliphatic rings. The number of rotatable bonds is 6. The van der Waals surface area contributed by atoms with Crippen molar-refractivity contribution in [2.24, 2.45) is 0 Å². The van der Waals surface area contributed by atoms with E-state index in [0.29, 0.717) is 6.42 Å². The summed E-state index contributed by atoms with van der Waals surface area (Å²) in [5.41, 5.74) is 0. The smallest absolute Gasteiger partial charge is 0.317 e. The lowest BCUT2D eigenvalue weighted by Crippen LogP contribution is -2.42. The number of carboxylic acid groups (broad SMARTS) is 1. The zero-order valence-corrected chi connectivity index (χ0v) is 11.7. The molecule has 1 fully saturated rings. The van der Waals surface area contributed by atoms with E-state index < -0.39 is 31.7 Å². The van der Waals surface area contributed by atoms with Crippen molar-refractivity contribution in [3.05, 3.63) is 0 Å². The Labute approximate surface area is 107 Å². The average molecular weight is 299 g/mol. The summed E-state index contributed by atoms with van der Waals surface area (Å²) in [6.45, 7) is -0.291. The quantitative estimate of drug-likeness (QED) is 0.642. The second kappa shape index (κ2) is 5.54. The molecule has 7 nitrogen and oxygen atoms in total. The molecule has 106 valence electrons. The molecule has 1 N–H and O–H groups in total. The summed E-state index contributed by atoms with van der Waals surface area (Å²) in [5, 5.41) is 8.76. The van der Waals surface area contributed by atoms with Crippen LogP contribution in [0.3, 0.4) is 0 Å². The molecular weight excluding hydrogens is 282 g/mol. The van der Waals surface area contributed by atoms with Crippen molar-refractivity contribution in [2.45, 2.75) is 12.5 Å². The summed E-state index contributed by atoms with van der Waals surface area (Å²) in [7, 11) is -6.31. The van der Waals surface area contributed by atoms with E-state index in [0.717, 1.165) is 6.26 Å².